The first-order valence-electron chi connectivity index (χ1n) is 6.76. The van der Waals surface area contributed by atoms with Crippen molar-refractivity contribution in [3.63, 3.8) is 0 Å². The highest BCUT2D eigenvalue weighted by Gasteiger charge is 2.16. The molecule has 0 unspecified atom stereocenters. The normalized spacial score (nSPS) is 16.5. The lowest BCUT2D eigenvalue weighted by Crippen LogP contribution is -2.32. The molecule has 1 aliphatic heterocycles. The van der Waals surface area contributed by atoms with E-state index in [0.717, 1.165) is 29.1 Å². The zero-order chi connectivity index (χ0) is 13.5. The largest absolute Gasteiger partial charge is 0.384 e. The monoisotopic (exact) mass is 277 g/mol. The van der Waals surface area contributed by atoms with Gasteiger partial charge in [0, 0.05) is 17.8 Å². The van der Waals surface area contributed by atoms with Crippen LogP contribution < -0.4 is 0 Å². The minimum absolute atomic E-state index is 0.113. The van der Waals surface area contributed by atoms with E-state index in [-0.39, 0.29) is 12.5 Å². The zero-order valence-electron chi connectivity index (χ0n) is 11.0. The molecule has 0 spiro atoms. The number of nitrogens with zero attached hydrogens (tertiary/aromatic N) is 1. The van der Waals surface area contributed by atoms with Crippen LogP contribution >= 0.6 is 11.3 Å². The van der Waals surface area contributed by atoms with Crippen molar-refractivity contribution in [3.05, 3.63) is 21.9 Å². The van der Waals surface area contributed by atoms with E-state index in [1.54, 1.807) is 11.3 Å². The summed E-state index contributed by atoms with van der Waals surface area (Å²) in [6.45, 7) is 1.45. The number of likely N-dealkylation sites (tertiary alicyclic amines) is 1. The van der Waals surface area contributed by atoms with Gasteiger partial charge in [-0.3, -0.25) is 4.79 Å². The molecular weight excluding hydrogens is 258 g/mol. The summed E-state index contributed by atoms with van der Waals surface area (Å²) in [4.78, 5) is 16.1. The summed E-state index contributed by atoms with van der Waals surface area (Å²) in [6, 6.07) is 3.98. The van der Waals surface area contributed by atoms with Crippen LogP contribution in [0, 0.1) is 11.8 Å². The number of hydrogen-bond donors (Lipinski definition) is 1. The van der Waals surface area contributed by atoms with Crippen LogP contribution in [-0.4, -0.2) is 29.1 Å². The van der Waals surface area contributed by atoms with E-state index in [1.165, 1.54) is 12.8 Å². The highest BCUT2D eigenvalue weighted by atomic mass is 32.1. The van der Waals surface area contributed by atoms with E-state index in [9.17, 15) is 4.79 Å². The van der Waals surface area contributed by atoms with Crippen molar-refractivity contribution in [1.29, 1.82) is 0 Å². The summed E-state index contributed by atoms with van der Waals surface area (Å²) in [5.41, 5.74) is 0. The Hall–Kier alpha value is -1.31. The third-order valence-electron chi connectivity index (χ3n) is 3.22. The zero-order valence-corrected chi connectivity index (χ0v) is 11.8. The van der Waals surface area contributed by atoms with Gasteiger partial charge >= 0.3 is 0 Å². The number of hydrogen-bond acceptors (Lipinski definition) is 3. The van der Waals surface area contributed by atoms with Gasteiger partial charge in [0.1, 0.15) is 6.61 Å². The Morgan fingerprint density at radius 3 is 2.95 bits per heavy atom. The Balaban J connectivity index is 1.98. The van der Waals surface area contributed by atoms with E-state index in [1.807, 2.05) is 17.0 Å². The lowest BCUT2D eigenvalue weighted by Gasteiger charge is -2.24. The Morgan fingerprint density at radius 1 is 1.26 bits per heavy atom. The van der Waals surface area contributed by atoms with Gasteiger partial charge in [0.2, 0.25) is 5.91 Å². The Kier molecular flexibility index (Phi) is 5.44. The van der Waals surface area contributed by atoms with Crippen LogP contribution in [0.1, 0.15) is 41.9 Å². The van der Waals surface area contributed by atoms with Crippen molar-refractivity contribution in [2.45, 2.75) is 38.6 Å². The molecule has 0 radical (unpaired) electrons. The molecule has 2 heterocycles. The van der Waals surface area contributed by atoms with Gasteiger partial charge in [0.15, 0.2) is 0 Å². The van der Waals surface area contributed by atoms with E-state index in [2.05, 4.69) is 11.8 Å². The number of carbonyl (C=O) groups is 1. The molecule has 1 fully saturated rings. The van der Waals surface area contributed by atoms with Crippen molar-refractivity contribution in [3.8, 4) is 11.8 Å². The van der Waals surface area contributed by atoms with Gasteiger partial charge in [0.05, 0.1) is 11.4 Å². The molecule has 0 bridgehead atoms. The van der Waals surface area contributed by atoms with Crippen molar-refractivity contribution < 1.29 is 9.90 Å². The van der Waals surface area contributed by atoms with Gasteiger partial charge < -0.3 is 10.0 Å². The summed E-state index contributed by atoms with van der Waals surface area (Å²) in [6.07, 6.45) is 5.21. The van der Waals surface area contributed by atoms with Crippen LogP contribution in [0.15, 0.2) is 12.1 Å². The molecule has 4 heteroatoms. The van der Waals surface area contributed by atoms with Gasteiger partial charge in [-0.05, 0) is 25.0 Å². The predicted octanol–water partition coefficient (Wildman–Crippen LogP) is 2.38. The second kappa shape index (κ2) is 7.32. The fourth-order valence-corrected chi connectivity index (χ4v) is 3.13. The fraction of sp³-hybridized carbons (Fsp3) is 0.533. The lowest BCUT2D eigenvalue weighted by molar-refractivity contribution is -0.132. The molecule has 0 aromatic carbocycles. The molecule has 1 N–H and O–H groups in total. The maximum atomic E-state index is 12.0. The molecule has 1 aliphatic rings. The first kappa shape index (κ1) is 14.1. The van der Waals surface area contributed by atoms with Crippen LogP contribution in [0.2, 0.25) is 0 Å². The van der Waals surface area contributed by atoms with Crippen molar-refractivity contribution in [1.82, 2.24) is 4.90 Å². The summed E-state index contributed by atoms with van der Waals surface area (Å²) >= 11 is 1.60. The van der Waals surface area contributed by atoms with E-state index in [0.29, 0.717) is 13.0 Å². The maximum Gasteiger partial charge on any atom is 0.222 e. The van der Waals surface area contributed by atoms with Crippen LogP contribution in [0.5, 0.6) is 0 Å². The summed E-state index contributed by atoms with van der Waals surface area (Å²) < 4.78 is 0. The third-order valence-corrected chi connectivity index (χ3v) is 4.21. The van der Waals surface area contributed by atoms with Crippen LogP contribution in [0.25, 0.3) is 0 Å². The Labute approximate surface area is 118 Å². The van der Waals surface area contributed by atoms with Crippen molar-refractivity contribution in [2.24, 2.45) is 0 Å². The summed E-state index contributed by atoms with van der Waals surface area (Å²) in [5.74, 6) is 5.82. The SMILES string of the molecule is O=C1CCCCCCN1Cc1ccc(C#CCO)s1. The molecule has 1 aromatic heterocycles. The second-order valence-electron chi connectivity index (χ2n) is 4.71. The summed E-state index contributed by atoms with van der Waals surface area (Å²) in [7, 11) is 0. The van der Waals surface area contributed by atoms with Crippen LogP contribution in [0.4, 0.5) is 0 Å². The average Bonchev–Trinajstić information content (AvgIpc) is 2.84. The minimum Gasteiger partial charge on any atom is -0.384 e. The minimum atomic E-state index is -0.113. The number of carbonyl (C=O) groups excluding carboxylic acids is 1. The van der Waals surface area contributed by atoms with Gasteiger partial charge in [0.25, 0.3) is 0 Å². The molecular formula is C15H19NO2S. The van der Waals surface area contributed by atoms with Crippen molar-refractivity contribution >= 4 is 17.2 Å². The molecule has 0 saturated carbocycles. The van der Waals surface area contributed by atoms with Crippen LogP contribution in [0.3, 0.4) is 0 Å². The van der Waals surface area contributed by atoms with Gasteiger partial charge in [-0.1, -0.05) is 24.7 Å². The Morgan fingerprint density at radius 2 is 2.11 bits per heavy atom. The number of thiophene rings is 1. The lowest BCUT2D eigenvalue weighted by atomic mass is 10.1. The van der Waals surface area contributed by atoms with Gasteiger partial charge in [-0.25, -0.2) is 0 Å². The number of aliphatic hydroxyl groups excluding tert-OH is 1. The standard InChI is InChI=1S/C15H19NO2S/c17-11-5-6-13-8-9-14(19-13)12-16-10-4-2-1-3-7-15(16)18/h8-9,17H,1-4,7,10-12H2. The van der Waals surface area contributed by atoms with E-state index < -0.39 is 0 Å². The van der Waals surface area contributed by atoms with E-state index in [4.69, 9.17) is 5.11 Å². The fourth-order valence-electron chi connectivity index (χ4n) is 2.23. The molecule has 1 aromatic rings. The second-order valence-corrected chi connectivity index (χ2v) is 5.87. The maximum absolute atomic E-state index is 12.0. The van der Waals surface area contributed by atoms with Gasteiger partial charge in [-0.15, -0.1) is 11.3 Å². The molecule has 3 nitrogen and oxygen atoms in total. The number of amides is 1. The molecule has 19 heavy (non-hydrogen) atoms. The number of aliphatic hydroxyl groups is 1. The third kappa shape index (κ3) is 4.38. The van der Waals surface area contributed by atoms with Crippen LogP contribution in [-0.2, 0) is 11.3 Å². The van der Waals surface area contributed by atoms with Crippen molar-refractivity contribution in [2.75, 3.05) is 13.2 Å². The molecule has 0 atom stereocenters. The average molecular weight is 277 g/mol. The molecule has 1 saturated heterocycles. The smallest absolute Gasteiger partial charge is 0.222 e. The molecule has 1 amide bonds. The Bertz CT molecular complexity index is 484. The molecule has 0 aliphatic carbocycles. The molecule has 102 valence electrons. The first-order valence-corrected chi connectivity index (χ1v) is 7.57. The van der Waals surface area contributed by atoms with E-state index >= 15 is 0 Å². The first-order chi connectivity index (χ1) is 9.29. The molecule has 2 rings (SSSR count). The summed E-state index contributed by atoms with van der Waals surface area (Å²) in [5, 5.41) is 8.67. The topological polar surface area (TPSA) is 40.5 Å². The highest BCUT2D eigenvalue weighted by Crippen LogP contribution is 2.20. The number of rotatable bonds is 2. The highest BCUT2D eigenvalue weighted by molar-refractivity contribution is 7.12. The quantitative estimate of drug-likeness (QED) is 0.843. The predicted molar refractivity (Wildman–Crippen MR) is 76.8 cm³/mol. The van der Waals surface area contributed by atoms with Gasteiger partial charge in [-0.2, -0.15) is 0 Å².